The summed E-state index contributed by atoms with van der Waals surface area (Å²) in [6.07, 6.45) is 0. The molecule has 6 nitrogen and oxygen atoms in total. The number of aliphatic imine (C=N–C) groups is 1. The highest BCUT2D eigenvalue weighted by Crippen LogP contribution is 2.18. The molecule has 0 radical (unpaired) electrons. The second-order valence-electron chi connectivity index (χ2n) is 7.75. The van der Waals surface area contributed by atoms with Gasteiger partial charge in [0.1, 0.15) is 11.6 Å². The number of benzene rings is 2. The molecule has 0 heterocycles. The third kappa shape index (κ3) is 7.07. The molecule has 0 saturated heterocycles. The van der Waals surface area contributed by atoms with Gasteiger partial charge in [0.15, 0.2) is 5.96 Å². The second-order valence-corrected chi connectivity index (χ2v) is 9.40. The van der Waals surface area contributed by atoms with Crippen LogP contribution < -0.4 is 15.4 Å². The van der Waals surface area contributed by atoms with Crippen molar-refractivity contribution in [3.63, 3.8) is 0 Å². The van der Waals surface area contributed by atoms with Crippen LogP contribution in [0.3, 0.4) is 0 Å². The summed E-state index contributed by atoms with van der Waals surface area (Å²) in [5.74, 6) is -0.720. The molecule has 30 heavy (non-hydrogen) atoms. The predicted octanol–water partition coefficient (Wildman–Crippen LogP) is 3.30. The van der Waals surface area contributed by atoms with Crippen molar-refractivity contribution in [2.75, 3.05) is 6.54 Å². The van der Waals surface area contributed by atoms with Crippen molar-refractivity contribution in [2.24, 2.45) is 4.99 Å². The van der Waals surface area contributed by atoms with E-state index in [2.05, 4.69) is 20.3 Å². The van der Waals surface area contributed by atoms with Crippen molar-refractivity contribution >= 4 is 16.0 Å². The lowest BCUT2D eigenvalue weighted by atomic mass is 10.1. The molecule has 0 atom stereocenters. The number of guanidine groups is 1. The Morgan fingerprint density at radius 2 is 1.73 bits per heavy atom. The van der Waals surface area contributed by atoms with Gasteiger partial charge in [-0.05, 0) is 57.5 Å². The van der Waals surface area contributed by atoms with Gasteiger partial charge in [-0.3, -0.25) is 0 Å². The molecule has 9 heteroatoms. The fourth-order valence-corrected chi connectivity index (χ4v) is 4.38. The van der Waals surface area contributed by atoms with E-state index in [1.807, 2.05) is 6.92 Å². The zero-order chi connectivity index (χ0) is 22.4. The van der Waals surface area contributed by atoms with Crippen LogP contribution >= 0.6 is 0 Å². The first-order valence-corrected chi connectivity index (χ1v) is 11.1. The van der Waals surface area contributed by atoms with Crippen molar-refractivity contribution in [2.45, 2.75) is 51.2 Å². The van der Waals surface area contributed by atoms with Crippen LogP contribution in [0.25, 0.3) is 0 Å². The Morgan fingerprint density at radius 1 is 1.03 bits per heavy atom. The second kappa shape index (κ2) is 9.99. The molecule has 0 spiro atoms. The van der Waals surface area contributed by atoms with Crippen LogP contribution in [0.5, 0.6) is 0 Å². The maximum absolute atomic E-state index is 13.8. The molecular formula is C21H28F2N4O2S. The van der Waals surface area contributed by atoms with Gasteiger partial charge in [-0.15, -0.1) is 0 Å². The normalized spacial score (nSPS) is 12.7. The first-order chi connectivity index (χ1) is 14.0. The Morgan fingerprint density at radius 3 is 2.40 bits per heavy atom. The molecule has 0 aliphatic rings. The minimum Gasteiger partial charge on any atom is -0.357 e. The lowest BCUT2D eigenvalue weighted by Crippen LogP contribution is -2.41. The van der Waals surface area contributed by atoms with Crippen LogP contribution in [-0.2, 0) is 23.1 Å². The predicted molar refractivity (Wildman–Crippen MR) is 115 cm³/mol. The highest BCUT2D eigenvalue weighted by Gasteiger charge is 2.24. The minimum atomic E-state index is -3.72. The highest BCUT2D eigenvalue weighted by atomic mass is 32.2. The molecule has 2 aromatic rings. The van der Waals surface area contributed by atoms with Gasteiger partial charge in [0.25, 0.3) is 0 Å². The van der Waals surface area contributed by atoms with Crippen molar-refractivity contribution in [3.8, 4) is 0 Å². The number of halogens is 2. The monoisotopic (exact) mass is 438 g/mol. The van der Waals surface area contributed by atoms with E-state index in [4.69, 9.17) is 0 Å². The highest BCUT2D eigenvalue weighted by molar-refractivity contribution is 7.89. The van der Waals surface area contributed by atoms with Gasteiger partial charge in [0.2, 0.25) is 10.0 Å². The van der Waals surface area contributed by atoms with Crippen molar-refractivity contribution in [1.82, 2.24) is 15.4 Å². The lowest BCUT2D eigenvalue weighted by molar-refractivity contribution is 0.491. The third-order valence-corrected chi connectivity index (χ3v) is 5.77. The smallest absolute Gasteiger partial charge is 0.241 e. The molecule has 0 aliphatic carbocycles. The molecule has 2 aromatic carbocycles. The van der Waals surface area contributed by atoms with Gasteiger partial charge in [-0.1, -0.05) is 18.2 Å². The van der Waals surface area contributed by atoms with Crippen LogP contribution in [-0.4, -0.2) is 26.5 Å². The van der Waals surface area contributed by atoms with E-state index >= 15 is 0 Å². The van der Waals surface area contributed by atoms with Gasteiger partial charge in [-0.25, -0.2) is 26.9 Å². The number of sulfonamides is 1. The van der Waals surface area contributed by atoms with E-state index < -0.39 is 27.2 Å². The van der Waals surface area contributed by atoms with Gasteiger partial charge < -0.3 is 10.6 Å². The van der Waals surface area contributed by atoms with Crippen LogP contribution in [0.1, 0.15) is 38.8 Å². The Balaban J connectivity index is 2.20. The van der Waals surface area contributed by atoms with E-state index in [-0.39, 0.29) is 23.5 Å². The van der Waals surface area contributed by atoms with Crippen LogP contribution in [0.2, 0.25) is 0 Å². The molecular weight excluding hydrogens is 410 g/mol. The summed E-state index contributed by atoms with van der Waals surface area (Å²) < 4.78 is 55.3. The molecule has 164 valence electrons. The van der Waals surface area contributed by atoms with E-state index in [0.717, 1.165) is 18.2 Å². The summed E-state index contributed by atoms with van der Waals surface area (Å²) in [4.78, 5) is 4.44. The molecule has 0 fully saturated rings. The van der Waals surface area contributed by atoms with Crippen LogP contribution in [0, 0.1) is 11.6 Å². The minimum absolute atomic E-state index is 0.0650. The van der Waals surface area contributed by atoms with Gasteiger partial charge in [0, 0.05) is 24.2 Å². The molecule has 0 aromatic heterocycles. The molecule has 0 bridgehead atoms. The Kier molecular flexibility index (Phi) is 7.91. The van der Waals surface area contributed by atoms with Crippen molar-refractivity contribution in [3.05, 3.63) is 65.2 Å². The lowest BCUT2D eigenvalue weighted by Gasteiger charge is -2.22. The fourth-order valence-electron chi connectivity index (χ4n) is 2.72. The average Bonchev–Trinajstić information content (AvgIpc) is 2.65. The van der Waals surface area contributed by atoms with E-state index in [1.165, 1.54) is 6.07 Å². The van der Waals surface area contributed by atoms with E-state index in [0.29, 0.717) is 18.1 Å². The number of nitrogens with one attached hydrogen (secondary N) is 3. The SMILES string of the molecule is CCNC(=NCc1cc(F)ccc1F)NCc1ccccc1S(=O)(=O)NC(C)(C)C. The number of nitrogens with zero attached hydrogens (tertiary/aromatic N) is 1. The number of rotatable bonds is 7. The molecule has 0 unspecified atom stereocenters. The van der Waals surface area contributed by atoms with Crippen molar-refractivity contribution < 1.29 is 17.2 Å². The van der Waals surface area contributed by atoms with Gasteiger partial charge in [0.05, 0.1) is 11.4 Å². The summed E-state index contributed by atoms with van der Waals surface area (Å²) in [5.41, 5.74) is 0.0616. The van der Waals surface area contributed by atoms with E-state index in [9.17, 15) is 17.2 Å². The molecule has 0 saturated carbocycles. The average molecular weight is 439 g/mol. The van der Waals surface area contributed by atoms with Crippen molar-refractivity contribution in [1.29, 1.82) is 0 Å². The Hall–Kier alpha value is -2.52. The third-order valence-electron chi connectivity index (χ3n) is 3.91. The number of hydrogen-bond donors (Lipinski definition) is 3. The Bertz CT molecular complexity index is 1000. The molecule has 0 amide bonds. The quantitative estimate of drug-likeness (QED) is 0.458. The van der Waals surface area contributed by atoms with Gasteiger partial charge in [-0.2, -0.15) is 0 Å². The molecule has 2 rings (SSSR count). The van der Waals surface area contributed by atoms with Crippen LogP contribution in [0.4, 0.5) is 8.78 Å². The van der Waals surface area contributed by atoms with E-state index in [1.54, 1.807) is 39.0 Å². The van der Waals surface area contributed by atoms with Gasteiger partial charge >= 0.3 is 0 Å². The molecule has 0 aliphatic heterocycles. The maximum atomic E-state index is 13.8. The molecule has 3 N–H and O–H groups in total. The first kappa shape index (κ1) is 23.8. The first-order valence-electron chi connectivity index (χ1n) is 9.60. The Labute approximate surface area is 176 Å². The summed E-state index contributed by atoms with van der Waals surface area (Å²) in [5, 5.41) is 6.06. The summed E-state index contributed by atoms with van der Waals surface area (Å²) >= 11 is 0. The largest absolute Gasteiger partial charge is 0.357 e. The summed E-state index contributed by atoms with van der Waals surface area (Å²) in [6, 6.07) is 9.87. The zero-order valence-corrected chi connectivity index (χ0v) is 18.4. The van der Waals surface area contributed by atoms with Crippen LogP contribution in [0.15, 0.2) is 52.4 Å². The summed E-state index contributed by atoms with van der Waals surface area (Å²) in [7, 11) is -3.72. The summed E-state index contributed by atoms with van der Waals surface area (Å²) in [6.45, 7) is 7.84. The topological polar surface area (TPSA) is 82.6 Å². The maximum Gasteiger partial charge on any atom is 0.241 e. The fraction of sp³-hybridized carbons (Fsp3) is 0.381. The standard InChI is InChI=1S/C21H28F2N4O2S/c1-5-24-20(26-14-16-12-17(22)10-11-18(16)23)25-13-15-8-6-7-9-19(15)30(28,29)27-21(2,3)4/h6-12,27H,5,13-14H2,1-4H3,(H2,24,25,26). The number of hydrogen-bond acceptors (Lipinski definition) is 3. The zero-order valence-electron chi connectivity index (χ0n) is 17.6.